The Bertz CT molecular complexity index is 273. The predicted octanol–water partition coefficient (Wildman–Crippen LogP) is 2.41. The van der Waals surface area contributed by atoms with Crippen LogP contribution < -0.4 is 5.32 Å². The molecule has 0 radical (unpaired) electrons. The number of carbonyl (C=O) groups is 2. The van der Waals surface area contributed by atoms with Crippen LogP contribution in [0.5, 0.6) is 0 Å². The summed E-state index contributed by atoms with van der Waals surface area (Å²) >= 11 is 1.83. The van der Waals surface area contributed by atoms with E-state index in [1.807, 2.05) is 25.6 Å². The molecule has 112 valence electrons. The van der Waals surface area contributed by atoms with Gasteiger partial charge in [-0.15, -0.1) is 0 Å². The molecule has 6 heteroatoms. The summed E-state index contributed by atoms with van der Waals surface area (Å²) in [4.78, 5) is 24.0. The van der Waals surface area contributed by atoms with Crippen LogP contribution >= 0.6 is 11.8 Å². The highest BCUT2D eigenvalue weighted by Crippen LogP contribution is 2.03. The lowest BCUT2D eigenvalue weighted by Crippen LogP contribution is -2.45. The molecular formula is C13H26N2O3S. The average molecular weight is 290 g/mol. The van der Waals surface area contributed by atoms with Crippen LogP contribution in [0.2, 0.25) is 0 Å². The second kappa shape index (κ2) is 11.0. The Morgan fingerprint density at radius 1 is 1.26 bits per heavy atom. The Morgan fingerprint density at radius 3 is 2.47 bits per heavy atom. The molecule has 0 bridgehead atoms. The number of aliphatic carboxylic acids is 1. The van der Waals surface area contributed by atoms with Crippen molar-refractivity contribution in [1.82, 2.24) is 10.2 Å². The highest BCUT2D eigenvalue weighted by molar-refractivity contribution is 7.98. The Kier molecular flexibility index (Phi) is 10.4. The van der Waals surface area contributed by atoms with Crippen LogP contribution in [-0.4, -0.2) is 53.1 Å². The molecule has 0 aromatic carbocycles. The summed E-state index contributed by atoms with van der Waals surface area (Å²) in [5.41, 5.74) is 0. The SMILES string of the molecule is CSCCCCCNC(=O)N(CCC(=O)O)C(C)C. The van der Waals surface area contributed by atoms with E-state index < -0.39 is 5.97 Å². The third-order valence-electron chi connectivity index (χ3n) is 2.75. The first-order valence-corrected chi connectivity index (χ1v) is 8.13. The van der Waals surface area contributed by atoms with E-state index in [1.54, 1.807) is 4.90 Å². The molecule has 2 N–H and O–H groups in total. The molecule has 0 aliphatic carbocycles. The molecule has 5 nitrogen and oxygen atoms in total. The van der Waals surface area contributed by atoms with Gasteiger partial charge < -0.3 is 15.3 Å². The second-order valence-corrected chi connectivity index (χ2v) is 5.70. The summed E-state index contributed by atoms with van der Waals surface area (Å²) < 4.78 is 0. The smallest absolute Gasteiger partial charge is 0.317 e. The van der Waals surface area contributed by atoms with Crippen molar-refractivity contribution < 1.29 is 14.7 Å². The molecule has 0 atom stereocenters. The zero-order valence-electron chi connectivity index (χ0n) is 12.1. The third-order valence-corrected chi connectivity index (χ3v) is 3.45. The van der Waals surface area contributed by atoms with Crippen LogP contribution in [0.3, 0.4) is 0 Å². The normalized spacial score (nSPS) is 10.5. The summed E-state index contributed by atoms with van der Waals surface area (Å²) in [7, 11) is 0. The van der Waals surface area contributed by atoms with E-state index in [4.69, 9.17) is 5.11 Å². The van der Waals surface area contributed by atoms with E-state index >= 15 is 0 Å². The number of rotatable bonds is 10. The van der Waals surface area contributed by atoms with Gasteiger partial charge in [0.2, 0.25) is 0 Å². The number of hydrogen-bond donors (Lipinski definition) is 2. The van der Waals surface area contributed by atoms with Gasteiger partial charge in [-0.1, -0.05) is 6.42 Å². The number of amides is 2. The van der Waals surface area contributed by atoms with Gasteiger partial charge in [-0.3, -0.25) is 4.79 Å². The Balaban J connectivity index is 3.88. The summed E-state index contributed by atoms with van der Waals surface area (Å²) in [6.07, 6.45) is 5.32. The number of nitrogens with one attached hydrogen (secondary N) is 1. The van der Waals surface area contributed by atoms with Gasteiger partial charge in [0.25, 0.3) is 0 Å². The van der Waals surface area contributed by atoms with Crippen molar-refractivity contribution in [2.45, 2.75) is 45.6 Å². The van der Waals surface area contributed by atoms with Gasteiger partial charge in [0.15, 0.2) is 0 Å². The minimum atomic E-state index is -0.879. The molecular weight excluding hydrogens is 264 g/mol. The lowest BCUT2D eigenvalue weighted by molar-refractivity contribution is -0.137. The first-order chi connectivity index (χ1) is 8.99. The molecule has 0 rings (SSSR count). The molecule has 0 fully saturated rings. The number of thioether (sulfide) groups is 1. The van der Waals surface area contributed by atoms with Crippen LogP contribution in [-0.2, 0) is 4.79 Å². The van der Waals surface area contributed by atoms with E-state index in [1.165, 1.54) is 6.42 Å². The first kappa shape index (κ1) is 18.1. The maximum atomic E-state index is 11.9. The number of carbonyl (C=O) groups excluding carboxylic acids is 1. The second-order valence-electron chi connectivity index (χ2n) is 4.72. The van der Waals surface area contributed by atoms with E-state index in [-0.39, 0.29) is 25.0 Å². The lowest BCUT2D eigenvalue weighted by Gasteiger charge is -2.26. The summed E-state index contributed by atoms with van der Waals surface area (Å²) in [5.74, 6) is 0.278. The highest BCUT2D eigenvalue weighted by Gasteiger charge is 2.17. The maximum absolute atomic E-state index is 11.9. The zero-order valence-corrected chi connectivity index (χ0v) is 13.0. The molecule has 0 unspecified atom stereocenters. The standard InChI is InChI=1S/C13H26N2O3S/c1-11(2)15(9-7-12(16)17)13(18)14-8-5-4-6-10-19-3/h11H,4-10H2,1-3H3,(H,14,18)(H,16,17). The molecule has 2 amide bonds. The average Bonchev–Trinajstić information content (AvgIpc) is 2.33. The van der Waals surface area contributed by atoms with E-state index in [0.717, 1.165) is 18.6 Å². The molecule has 0 aliphatic heterocycles. The van der Waals surface area contributed by atoms with Gasteiger partial charge in [0.05, 0.1) is 6.42 Å². The summed E-state index contributed by atoms with van der Waals surface area (Å²) in [5, 5.41) is 11.5. The number of nitrogens with zero attached hydrogens (tertiary/aromatic N) is 1. The number of unbranched alkanes of at least 4 members (excludes halogenated alkanes) is 2. The molecule has 0 aliphatic rings. The lowest BCUT2D eigenvalue weighted by atomic mass is 10.2. The van der Waals surface area contributed by atoms with Crippen LogP contribution in [0.4, 0.5) is 4.79 Å². The van der Waals surface area contributed by atoms with Crippen molar-refractivity contribution in [2.24, 2.45) is 0 Å². The number of carboxylic acids is 1. The fourth-order valence-corrected chi connectivity index (χ4v) is 2.15. The Labute approximate surface area is 120 Å². The van der Waals surface area contributed by atoms with Crippen molar-refractivity contribution in [3.63, 3.8) is 0 Å². The highest BCUT2D eigenvalue weighted by atomic mass is 32.2. The van der Waals surface area contributed by atoms with Crippen LogP contribution in [0, 0.1) is 0 Å². The number of carboxylic acid groups (broad SMARTS) is 1. The van der Waals surface area contributed by atoms with Crippen LogP contribution in [0.15, 0.2) is 0 Å². The van der Waals surface area contributed by atoms with Crippen molar-refractivity contribution in [2.75, 3.05) is 25.1 Å². The fraction of sp³-hybridized carbons (Fsp3) is 0.846. The topological polar surface area (TPSA) is 69.6 Å². The molecule has 0 saturated heterocycles. The summed E-state index contributed by atoms with van der Waals surface area (Å²) in [6, 6.07) is -0.156. The van der Waals surface area contributed by atoms with Gasteiger partial charge in [-0.05, 0) is 38.7 Å². The zero-order chi connectivity index (χ0) is 14.7. The first-order valence-electron chi connectivity index (χ1n) is 6.74. The number of hydrogen-bond acceptors (Lipinski definition) is 3. The largest absolute Gasteiger partial charge is 0.481 e. The van der Waals surface area contributed by atoms with Crippen molar-refractivity contribution >= 4 is 23.8 Å². The molecule has 0 aromatic rings. The Morgan fingerprint density at radius 2 is 1.95 bits per heavy atom. The molecule has 0 spiro atoms. The van der Waals surface area contributed by atoms with E-state index in [2.05, 4.69) is 11.6 Å². The van der Waals surface area contributed by atoms with Gasteiger partial charge in [0, 0.05) is 19.1 Å². The van der Waals surface area contributed by atoms with E-state index in [9.17, 15) is 9.59 Å². The van der Waals surface area contributed by atoms with E-state index in [0.29, 0.717) is 6.54 Å². The van der Waals surface area contributed by atoms with Gasteiger partial charge in [-0.2, -0.15) is 11.8 Å². The van der Waals surface area contributed by atoms with Crippen LogP contribution in [0.1, 0.15) is 39.5 Å². The van der Waals surface area contributed by atoms with Crippen molar-refractivity contribution in [3.8, 4) is 0 Å². The minimum absolute atomic E-state index is 0.0100. The third kappa shape index (κ3) is 9.64. The van der Waals surface area contributed by atoms with Gasteiger partial charge in [-0.25, -0.2) is 4.79 Å². The summed E-state index contributed by atoms with van der Waals surface area (Å²) in [6.45, 7) is 4.69. The monoisotopic (exact) mass is 290 g/mol. The van der Waals surface area contributed by atoms with Crippen molar-refractivity contribution in [1.29, 1.82) is 0 Å². The minimum Gasteiger partial charge on any atom is -0.481 e. The fourth-order valence-electron chi connectivity index (χ4n) is 1.66. The maximum Gasteiger partial charge on any atom is 0.317 e. The molecule has 19 heavy (non-hydrogen) atoms. The Hall–Kier alpha value is -0.910. The molecule has 0 saturated carbocycles. The van der Waals surface area contributed by atoms with Gasteiger partial charge in [0.1, 0.15) is 0 Å². The van der Waals surface area contributed by atoms with Gasteiger partial charge >= 0.3 is 12.0 Å². The van der Waals surface area contributed by atoms with Crippen molar-refractivity contribution in [3.05, 3.63) is 0 Å². The molecule has 0 heterocycles. The predicted molar refractivity (Wildman–Crippen MR) is 79.7 cm³/mol. The quantitative estimate of drug-likeness (QED) is 0.606. The molecule has 0 aromatic heterocycles. The van der Waals surface area contributed by atoms with Crippen LogP contribution in [0.25, 0.3) is 0 Å². The number of urea groups is 1.